The molecule has 0 aliphatic rings. The summed E-state index contributed by atoms with van der Waals surface area (Å²) in [6.45, 7) is 1.91. The van der Waals surface area contributed by atoms with Gasteiger partial charge in [0, 0.05) is 17.4 Å². The van der Waals surface area contributed by atoms with Gasteiger partial charge in [0.1, 0.15) is 0 Å². The Morgan fingerprint density at radius 3 is 2.55 bits per heavy atom. The highest BCUT2D eigenvalue weighted by Crippen LogP contribution is 2.19. The molecule has 0 spiro atoms. The Labute approximate surface area is 78.0 Å². The van der Waals surface area contributed by atoms with Gasteiger partial charge in [-0.05, 0) is 23.1 Å². The fourth-order valence-corrected chi connectivity index (χ4v) is 1.03. The van der Waals surface area contributed by atoms with Crippen molar-refractivity contribution in [3.63, 3.8) is 0 Å². The number of para-hydroxylation sites is 1. The van der Waals surface area contributed by atoms with E-state index in [9.17, 15) is 4.57 Å². The molecule has 0 saturated heterocycles. The summed E-state index contributed by atoms with van der Waals surface area (Å²) in [6, 6.07) is 7.47. The maximum absolute atomic E-state index is 10.1. The third-order valence-corrected chi connectivity index (χ3v) is 1.55. The van der Waals surface area contributed by atoms with Crippen molar-refractivity contribution in [3.8, 4) is 5.75 Å². The summed E-state index contributed by atoms with van der Waals surface area (Å²) >= 11 is 0. The minimum Gasteiger partial charge on any atom is -0.256 e. The van der Waals surface area contributed by atoms with E-state index in [2.05, 4.69) is 0 Å². The van der Waals surface area contributed by atoms with E-state index in [1.54, 1.807) is 6.07 Å². The molecule has 1 atom stereocenters. The lowest BCUT2D eigenvalue weighted by Gasteiger charge is -1.93. The SMILES string of the molecule is Cc1ccccc1O[PH+]=O.[Al]. The van der Waals surface area contributed by atoms with Gasteiger partial charge in [0.15, 0.2) is 5.75 Å². The first kappa shape index (κ1) is 10.7. The first-order valence-electron chi connectivity index (χ1n) is 2.94. The van der Waals surface area contributed by atoms with Crippen LogP contribution in [0.15, 0.2) is 24.3 Å². The standard InChI is InChI=1S/C7H8O2P.Al/c1-6-4-2-3-5-7(6)9-10-8;/h2-5,10H,1H3;/q+1;. The van der Waals surface area contributed by atoms with Crippen LogP contribution >= 0.6 is 8.69 Å². The smallest absolute Gasteiger partial charge is 0.256 e. The molecule has 4 heteroatoms. The Kier molecular flexibility index (Phi) is 5.15. The molecule has 0 aromatic heterocycles. The summed E-state index contributed by atoms with van der Waals surface area (Å²) in [7, 11) is -0.718. The van der Waals surface area contributed by atoms with E-state index in [0.29, 0.717) is 5.75 Å². The molecule has 0 bridgehead atoms. The molecule has 3 radical (unpaired) electrons. The van der Waals surface area contributed by atoms with Crippen molar-refractivity contribution >= 4 is 26.0 Å². The van der Waals surface area contributed by atoms with E-state index in [4.69, 9.17) is 4.52 Å². The number of aryl methyl sites for hydroxylation is 1. The quantitative estimate of drug-likeness (QED) is 0.516. The van der Waals surface area contributed by atoms with E-state index in [0.717, 1.165) is 5.56 Å². The van der Waals surface area contributed by atoms with Crippen molar-refractivity contribution in [2.45, 2.75) is 6.92 Å². The summed E-state index contributed by atoms with van der Waals surface area (Å²) in [5.74, 6) is 0.691. The summed E-state index contributed by atoms with van der Waals surface area (Å²) in [5.41, 5.74) is 1.01. The Balaban J connectivity index is 0.000001000. The van der Waals surface area contributed by atoms with E-state index in [1.165, 1.54) is 0 Å². The van der Waals surface area contributed by atoms with E-state index < -0.39 is 8.69 Å². The highest BCUT2D eigenvalue weighted by Gasteiger charge is 1.99. The van der Waals surface area contributed by atoms with Crippen LogP contribution in [0.3, 0.4) is 0 Å². The molecule has 1 aromatic rings. The normalized spacial score (nSPS) is 8.82. The topological polar surface area (TPSA) is 26.3 Å². The van der Waals surface area contributed by atoms with Gasteiger partial charge in [0.25, 0.3) is 0 Å². The minimum atomic E-state index is -0.718. The van der Waals surface area contributed by atoms with Crippen molar-refractivity contribution in [1.29, 1.82) is 0 Å². The van der Waals surface area contributed by atoms with Crippen LogP contribution in [0.4, 0.5) is 0 Å². The first-order chi connectivity index (χ1) is 4.84. The number of hydrogen-bond donors (Lipinski definition) is 0. The van der Waals surface area contributed by atoms with Crippen LogP contribution in [0, 0.1) is 6.92 Å². The molecule has 0 amide bonds. The summed E-state index contributed by atoms with van der Waals surface area (Å²) in [5, 5.41) is 0. The fraction of sp³-hybridized carbons (Fsp3) is 0.143. The van der Waals surface area contributed by atoms with Crippen LogP contribution in [-0.2, 0) is 4.57 Å². The molecule has 1 aromatic carbocycles. The molecule has 1 rings (SSSR count). The molecule has 0 aliphatic carbocycles. The lowest BCUT2D eigenvalue weighted by molar-refractivity contribution is 0.523. The van der Waals surface area contributed by atoms with Crippen molar-refractivity contribution in [2.75, 3.05) is 0 Å². The van der Waals surface area contributed by atoms with Crippen molar-refractivity contribution < 1.29 is 9.09 Å². The van der Waals surface area contributed by atoms with Gasteiger partial charge in [-0.2, -0.15) is 0 Å². The number of hydrogen-bond acceptors (Lipinski definition) is 2. The summed E-state index contributed by atoms with van der Waals surface area (Å²) < 4.78 is 14.9. The number of rotatable bonds is 2. The third kappa shape index (κ3) is 3.03. The highest BCUT2D eigenvalue weighted by atomic mass is 31.1. The highest BCUT2D eigenvalue weighted by molar-refractivity contribution is 7.17. The van der Waals surface area contributed by atoms with Crippen LogP contribution in [0.2, 0.25) is 0 Å². The Morgan fingerprint density at radius 1 is 1.36 bits per heavy atom. The average Bonchev–Trinajstić information content (AvgIpc) is 1.94. The van der Waals surface area contributed by atoms with Crippen molar-refractivity contribution in [3.05, 3.63) is 29.8 Å². The molecule has 1 unspecified atom stereocenters. The molecule has 0 fully saturated rings. The third-order valence-electron chi connectivity index (χ3n) is 1.25. The molecule has 0 saturated carbocycles. The van der Waals surface area contributed by atoms with E-state index in [-0.39, 0.29) is 17.4 Å². The average molecular weight is 182 g/mol. The molecular formula is C7H8AlO2P+. The first-order valence-corrected chi connectivity index (χ1v) is 3.76. The Hall–Kier alpha value is -0.348. The lowest BCUT2D eigenvalue weighted by Crippen LogP contribution is -1.78. The van der Waals surface area contributed by atoms with Gasteiger partial charge in [-0.25, -0.2) is 0 Å². The second kappa shape index (κ2) is 5.32. The molecule has 0 aliphatic heterocycles. The maximum Gasteiger partial charge on any atom is 0.542 e. The van der Waals surface area contributed by atoms with Gasteiger partial charge in [0.2, 0.25) is 0 Å². The molecular weight excluding hydrogens is 174 g/mol. The van der Waals surface area contributed by atoms with Crippen LogP contribution in [0.5, 0.6) is 5.75 Å². The molecule has 2 nitrogen and oxygen atoms in total. The zero-order valence-corrected chi connectivity index (χ0v) is 8.36. The molecule has 11 heavy (non-hydrogen) atoms. The van der Waals surface area contributed by atoms with Gasteiger partial charge < -0.3 is 0 Å². The number of benzene rings is 1. The van der Waals surface area contributed by atoms with Gasteiger partial charge in [-0.1, -0.05) is 18.2 Å². The molecule has 0 N–H and O–H groups in total. The van der Waals surface area contributed by atoms with E-state index >= 15 is 0 Å². The maximum atomic E-state index is 10.1. The van der Waals surface area contributed by atoms with E-state index in [1.807, 2.05) is 25.1 Å². The minimum absolute atomic E-state index is 0. The van der Waals surface area contributed by atoms with Gasteiger partial charge >= 0.3 is 8.69 Å². The monoisotopic (exact) mass is 182 g/mol. The van der Waals surface area contributed by atoms with Crippen LogP contribution < -0.4 is 4.52 Å². The fourth-order valence-electron chi connectivity index (χ4n) is 0.716. The predicted octanol–water partition coefficient (Wildman–Crippen LogP) is 1.93. The lowest BCUT2D eigenvalue weighted by atomic mass is 10.2. The Bertz CT molecular complexity index is 240. The zero-order valence-electron chi connectivity index (χ0n) is 6.20. The Morgan fingerprint density at radius 2 is 2.00 bits per heavy atom. The van der Waals surface area contributed by atoms with Crippen molar-refractivity contribution in [1.82, 2.24) is 0 Å². The van der Waals surface area contributed by atoms with Crippen LogP contribution in [0.1, 0.15) is 5.56 Å². The molecule has 0 heterocycles. The second-order valence-corrected chi connectivity index (χ2v) is 2.32. The largest absolute Gasteiger partial charge is 0.542 e. The van der Waals surface area contributed by atoms with Gasteiger partial charge in [0.05, 0.1) is 0 Å². The second-order valence-electron chi connectivity index (χ2n) is 1.95. The summed E-state index contributed by atoms with van der Waals surface area (Å²) in [6.07, 6.45) is 0. The zero-order chi connectivity index (χ0) is 7.40. The van der Waals surface area contributed by atoms with Gasteiger partial charge in [-0.3, -0.25) is 4.52 Å². The van der Waals surface area contributed by atoms with Crippen LogP contribution in [0.25, 0.3) is 0 Å². The van der Waals surface area contributed by atoms with Crippen molar-refractivity contribution in [2.24, 2.45) is 0 Å². The molecule has 55 valence electrons. The van der Waals surface area contributed by atoms with Gasteiger partial charge in [-0.15, -0.1) is 0 Å². The predicted molar refractivity (Wildman–Crippen MR) is 46.6 cm³/mol. The summed E-state index contributed by atoms with van der Waals surface area (Å²) in [4.78, 5) is 0. The van der Waals surface area contributed by atoms with Crippen LogP contribution in [-0.4, -0.2) is 17.4 Å².